The molecule has 4 heterocycles. The lowest BCUT2D eigenvalue weighted by atomic mass is 9.95. The first-order chi connectivity index (χ1) is 11.1. The zero-order chi connectivity index (χ0) is 16.0. The predicted molar refractivity (Wildman–Crippen MR) is 84.3 cm³/mol. The summed E-state index contributed by atoms with van der Waals surface area (Å²) in [6.07, 6.45) is 4.16. The van der Waals surface area contributed by atoms with Gasteiger partial charge in [0, 0.05) is 26.6 Å². The Labute approximate surface area is 133 Å². The van der Waals surface area contributed by atoms with Gasteiger partial charge in [-0.1, -0.05) is 0 Å². The van der Waals surface area contributed by atoms with E-state index in [4.69, 9.17) is 4.74 Å². The first-order valence-electron chi connectivity index (χ1n) is 7.94. The molecule has 1 amide bonds. The van der Waals surface area contributed by atoms with Gasteiger partial charge in [-0.25, -0.2) is 14.8 Å². The molecule has 122 valence electrons. The topological polar surface area (TPSA) is 85.2 Å². The highest BCUT2D eigenvalue weighted by atomic mass is 16.6. The van der Waals surface area contributed by atoms with Gasteiger partial charge in [0.2, 0.25) is 0 Å². The van der Waals surface area contributed by atoms with Crippen LogP contribution in [0.15, 0.2) is 6.20 Å². The molecule has 0 saturated carbocycles. The lowest BCUT2D eigenvalue weighted by Gasteiger charge is -2.25. The molecule has 1 atom stereocenters. The number of alkyl carbamates (subject to hydrolysis) is 1. The highest BCUT2D eigenvalue weighted by molar-refractivity contribution is 5.87. The summed E-state index contributed by atoms with van der Waals surface area (Å²) in [5.74, 6) is 1.67. The van der Waals surface area contributed by atoms with E-state index in [0.29, 0.717) is 6.54 Å². The van der Waals surface area contributed by atoms with Crippen molar-refractivity contribution in [1.82, 2.24) is 25.1 Å². The second-order valence-corrected chi connectivity index (χ2v) is 6.37. The Morgan fingerprint density at radius 3 is 2.96 bits per heavy atom. The number of hydrogen-bond acceptors (Lipinski definition) is 6. The van der Waals surface area contributed by atoms with Crippen molar-refractivity contribution in [2.24, 2.45) is 7.05 Å². The average molecular weight is 316 g/mol. The Morgan fingerprint density at radius 1 is 1.30 bits per heavy atom. The SMILES string of the molecule is Cc1nc(N2CCC[C@@]3(CC2)CNC(=O)O3)c2cnn(C)c2n1. The molecular formula is C15H20N6O2. The second kappa shape index (κ2) is 5.07. The Balaban J connectivity index is 1.65. The maximum absolute atomic E-state index is 11.4. The van der Waals surface area contributed by atoms with Gasteiger partial charge in [0.15, 0.2) is 5.65 Å². The molecule has 8 heteroatoms. The third kappa shape index (κ3) is 2.38. The minimum atomic E-state index is -0.359. The van der Waals surface area contributed by atoms with Crippen molar-refractivity contribution in [3.8, 4) is 0 Å². The minimum Gasteiger partial charge on any atom is -0.441 e. The van der Waals surface area contributed by atoms with Gasteiger partial charge >= 0.3 is 6.09 Å². The molecular weight excluding hydrogens is 296 g/mol. The van der Waals surface area contributed by atoms with E-state index < -0.39 is 0 Å². The zero-order valence-electron chi connectivity index (χ0n) is 13.4. The van der Waals surface area contributed by atoms with Crippen molar-refractivity contribution < 1.29 is 9.53 Å². The molecule has 0 aliphatic carbocycles. The van der Waals surface area contributed by atoms with E-state index in [1.165, 1.54) is 0 Å². The van der Waals surface area contributed by atoms with E-state index in [0.717, 1.165) is 55.0 Å². The molecule has 1 spiro atoms. The van der Waals surface area contributed by atoms with Gasteiger partial charge in [0.1, 0.15) is 17.2 Å². The summed E-state index contributed by atoms with van der Waals surface area (Å²) in [4.78, 5) is 22.8. The molecule has 2 aliphatic heterocycles. The molecule has 1 N–H and O–H groups in total. The first-order valence-corrected chi connectivity index (χ1v) is 7.94. The van der Waals surface area contributed by atoms with Crippen molar-refractivity contribution in [2.45, 2.75) is 31.8 Å². The highest BCUT2D eigenvalue weighted by Gasteiger charge is 2.41. The van der Waals surface area contributed by atoms with Crippen LogP contribution in [-0.2, 0) is 11.8 Å². The van der Waals surface area contributed by atoms with Gasteiger partial charge in [-0.05, 0) is 19.8 Å². The van der Waals surface area contributed by atoms with E-state index in [2.05, 4.69) is 25.3 Å². The molecule has 2 fully saturated rings. The van der Waals surface area contributed by atoms with Gasteiger partial charge in [0.05, 0.1) is 18.1 Å². The van der Waals surface area contributed by atoms with Gasteiger partial charge in [-0.3, -0.25) is 4.68 Å². The third-order valence-electron chi connectivity index (χ3n) is 4.75. The van der Waals surface area contributed by atoms with E-state index in [9.17, 15) is 4.79 Å². The highest BCUT2D eigenvalue weighted by Crippen LogP contribution is 2.32. The summed E-state index contributed by atoms with van der Waals surface area (Å²) < 4.78 is 7.32. The number of nitrogens with zero attached hydrogens (tertiary/aromatic N) is 5. The molecule has 2 saturated heterocycles. The average Bonchev–Trinajstić information content (AvgIpc) is 2.99. The summed E-state index contributed by atoms with van der Waals surface area (Å²) in [7, 11) is 1.89. The number of rotatable bonds is 1. The number of ether oxygens (including phenoxy) is 1. The maximum Gasteiger partial charge on any atom is 0.407 e. The van der Waals surface area contributed by atoms with Crippen LogP contribution in [0, 0.1) is 6.92 Å². The van der Waals surface area contributed by atoms with Crippen LogP contribution in [0.1, 0.15) is 25.1 Å². The number of aromatic nitrogens is 4. The molecule has 8 nitrogen and oxygen atoms in total. The number of hydrogen-bond donors (Lipinski definition) is 1. The Hall–Kier alpha value is -2.38. The summed E-state index contributed by atoms with van der Waals surface area (Å²) in [5, 5.41) is 8.06. The van der Waals surface area contributed by atoms with E-state index >= 15 is 0 Å². The lowest BCUT2D eigenvalue weighted by Crippen LogP contribution is -2.35. The fourth-order valence-corrected chi connectivity index (χ4v) is 3.51. The Kier molecular flexibility index (Phi) is 3.14. The van der Waals surface area contributed by atoms with Crippen LogP contribution in [0.5, 0.6) is 0 Å². The van der Waals surface area contributed by atoms with Gasteiger partial charge in [-0.2, -0.15) is 5.10 Å². The number of amides is 1. The van der Waals surface area contributed by atoms with E-state index in [1.807, 2.05) is 20.2 Å². The van der Waals surface area contributed by atoms with Crippen molar-refractivity contribution in [3.63, 3.8) is 0 Å². The number of nitrogens with one attached hydrogen (secondary N) is 1. The molecule has 23 heavy (non-hydrogen) atoms. The van der Waals surface area contributed by atoms with Gasteiger partial charge < -0.3 is 15.0 Å². The largest absolute Gasteiger partial charge is 0.441 e. The maximum atomic E-state index is 11.4. The van der Waals surface area contributed by atoms with E-state index in [1.54, 1.807) is 4.68 Å². The summed E-state index contributed by atoms with van der Waals surface area (Å²) in [6.45, 7) is 4.19. The van der Waals surface area contributed by atoms with Crippen LogP contribution in [0.25, 0.3) is 11.0 Å². The van der Waals surface area contributed by atoms with Crippen LogP contribution in [0.3, 0.4) is 0 Å². The normalized spacial score (nSPS) is 24.8. The number of carbonyl (C=O) groups is 1. The number of anilines is 1. The van der Waals surface area contributed by atoms with Crippen molar-refractivity contribution in [1.29, 1.82) is 0 Å². The Bertz CT molecular complexity index is 773. The molecule has 4 rings (SSSR count). The molecule has 2 aromatic heterocycles. The van der Waals surface area contributed by atoms with E-state index in [-0.39, 0.29) is 11.7 Å². The molecule has 0 bridgehead atoms. The first kappa shape index (κ1) is 14.2. The van der Waals surface area contributed by atoms with Crippen LogP contribution in [0.4, 0.5) is 10.6 Å². The van der Waals surface area contributed by atoms with Gasteiger partial charge in [0.25, 0.3) is 0 Å². The van der Waals surface area contributed by atoms with Crippen LogP contribution in [0.2, 0.25) is 0 Å². The van der Waals surface area contributed by atoms with Crippen LogP contribution >= 0.6 is 0 Å². The summed E-state index contributed by atoms with van der Waals surface area (Å²) in [6, 6.07) is 0. The number of carbonyl (C=O) groups excluding carboxylic acids is 1. The molecule has 0 unspecified atom stereocenters. The van der Waals surface area contributed by atoms with Crippen molar-refractivity contribution in [2.75, 3.05) is 24.5 Å². The molecule has 0 aromatic carbocycles. The number of fused-ring (bicyclic) bond motifs is 1. The quantitative estimate of drug-likeness (QED) is 0.849. The molecule has 2 aromatic rings. The van der Waals surface area contributed by atoms with Crippen molar-refractivity contribution in [3.05, 3.63) is 12.0 Å². The third-order valence-corrected chi connectivity index (χ3v) is 4.75. The van der Waals surface area contributed by atoms with Gasteiger partial charge in [-0.15, -0.1) is 0 Å². The number of aryl methyl sites for hydroxylation is 2. The fraction of sp³-hybridized carbons (Fsp3) is 0.600. The lowest BCUT2D eigenvalue weighted by molar-refractivity contribution is 0.0473. The molecule has 2 aliphatic rings. The standard InChI is InChI=1S/C15H20N6O2/c1-10-18-12-11(8-17-20(12)2)13(19-10)21-6-3-4-15(5-7-21)9-16-14(22)23-15/h8H,3-7,9H2,1-2H3,(H,16,22)/t15-/m1/s1. The summed E-state index contributed by atoms with van der Waals surface area (Å²) in [5.41, 5.74) is 0.488. The monoisotopic (exact) mass is 316 g/mol. The van der Waals surface area contributed by atoms with Crippen LogP contribution in [-0.4, -0.2) is 51.1 Å². The predicted octanol–water partition coefficient (Wildman–Crippen LogP) is 1.14. The summed E-state index contributed by atoms with van der Waals surface area (Å²) >= 11 is 0. The minimum absolute atomic E-state index is 0.300. The molecule has 0 radical (unpaired) electrons. The van der Waals surface area contributed by atoms with Crippen molar-refractivity contribution >= 4 is 22.9 Å². The fourth-order valence-electron chi connectivity index (χ4n) is 3.51. The van der Waals surface area contributed by atoms with Crippen LogP contribution < -0.4 is 10.2 Å². The second-order valence-electron chi connectivity index (χ2n) is 6.37. The smallest absolute Gasteiger partial charge is 0.407 e. The zero-order valence-corrected chi connectivity index (χ0v) is 13.4. The Morgan fingerprint density at radius 2 is 2.17 bits per heavy atom.